The van der Waals surface area contributed by atoms with Crippen molar-refractivity contribution < 1.29 is 0 Å². The van der Waals surface area contributed by atoms with Gasteiger partial charge in [-0.15, -0.1) is 0 Å². The Labute approximate surface area is 107 Å². The van der Waals surface area contributed by atoms with Gasteiger partial charge in [-0.3, -0.25) is 4.99 Å². The summed E-state index contributed by atoms with van der Waals surface area (Å²) in [6.45, 7) is 5.58. The summed E-state index contributed by atoms with van der Waals surface area (Å²) in [5.74, 6) is 0.732. The molecule has 1 aliphatic carbocycles. The van der Waals surface area contributed by atoms with E-state index in [9.17, 15) is 0 Å². The third kappa shape index (κ3) is 3.10. The minimum Gasteiger partial charge on any atom is -0.362 e. The zero-order chi connectivity index (χ0) is 11.5. The number of nitrogens with zero attached hydrogens (tertiary/aromatic N) is 1. The highest BCUT2D eigenvalue weighted by Crippen LogP contribution is 2.31. The molecule has 2 rings (SSSR count). The lowest BCUT2D eigenvalue weighted by molar-refractivity contribution is 0.619. The molecule has 0 aromatic heterocycles. The first kappa shape index (κ1) is 12.6. The highest BCUT2D eigenvalue weighted by atomic mass is 32.2. The fourth-order valence-corrected chi connectivity index (χ4v) is 4.17. The summed E-state index contributed by atoms with van der Waals surface area (Å²) in [5, 5.41) is 6.39. The second kappa shape index (κ2) is 5.67. The minimum atomic E-state index is 0.676. The summed E-state index contributed by atoms with van der Waals surface area (Å²) in [5.41, 5.74) is 0. The Morgan fingerprint density at radius 2 is 2.25 bits per heavy atom. The van der Waals surface area contributed by atoms with Gasteiger partial charge < -0.3 is 5.32 Å². The topological polar surface area (TPSA) is 24.4 Å². The summed E-state index contributed by atoms with van der Waals surface area (Å²) >= 11 is 3.96. The van der Waals surface area contributed by atoms with Crippen molar-refractivity contribution in [2.24, 2.45) is 10.9 Å². The van der Waals surface area contributed by atoms with Gasteiger partial charge in [-0.2, -0.15) is 11.8 Å². The molecule has 3 atom stereocenters. The van der Waals surface area contributed by atoms with Crippen LogP contribution in [0.25, 0.3) is 0 Å². The number of nitrogens with one attached hydrogen (secondary N) is 1. The van der Waals surface area contributed by atoms with E-state index in [1.807, 2.05) is 23.5 Å². The van der Waals surface area contributed by atoms with Crippen LogP contribution in [0.1, 0.15) is 33.1 Å². The first-order valence-corrected chi connectivity index (χ1v) is 8.36. The van der Waals surface area contributed by atoms with Crippen molar-refractivity contribution in [2.45, 2.75) is 49.7 Å². The standard InChI is InChI=1S/C12H22N2S2/c1-8(2)11-7-13-12(16-11)14-9-4-5-10(6-9)15-3/h8-11H,4-7H2,1-3H3,(H,13,14). The Balaban J connectivity index is 1.75. The average Bonchev–Trinajstić information content (AvgIpc) is 2.87. The van der Waals surface area contributed by atoms with E-state index in [1.54, 1.807) is 0 Å². The minimum absolute atomic E-state index is 0.676. The van der Waals surface area contributed by atoms with Crippen molar-refractivity contribution >= 4 is 28.7 Å². The third-order valence-corrected chi connectivity index (χ3v) is 6.03. The van der Waals surface area contributed by atoms with Crippen LogP contribution < -0.4 is 5.32 Å². The van der Waals surface area contributed by atoms with Crippen molar-refractivity contribution in [1.29, 1.82) is 0 Å². The van der Waals surface area contributed by atoms with Gasteiger partial charge in [-0.1, -0.05) is 25.6 Å². The number of thioether (sulfide) groups is 2. The second-order valence-electron chi connectivity index (χ2n) is 5.06. The van der Waals surface area contributed by atoms with Gasteiger partial charge in [0.15, 0.2) is 5.17 Å². The molecule has 1 fully saturated rings. The fraction of sp³-hybridized carbons (Fsp3) is 0.917. The zero-order valence-corrected chi connectivity index (χ0v) is 12.0. The van der Waals surface area contributed by atoms with E-state index in [0.717, 1.165) is 17.7 Å². The number of amidine groups is 1. The summed E-state index contributed by atoms with van der Waals surface area (Å²) in [7, 11) is 0. The highest BCUT2D eigenvalue weighted by molar-refractivity contribution is 8.14. The predicted octanol–water partition coefficient (Wildman–Crippen LogP) is 2.99. The van der Waals surface area contributed by atoms with Crippen molar-refractivity contribution in [3.05, 3.63) is 0 Å². The van der Waals surface area contributed by atoms with Crippen LogP contribution in [0.4, 0.5) is 0 Å². The first-order chi connectivity index (χ1) is 7.69. The van der Waals surface area contributed by atoms with E-state index in [-0.39, 0.29) is 0 Å². The van der Waals surface area contributed by atoms with E-state index in [2.05, 4.69) is 30.4 Å². The molecule has 1 saturated carbocycles. The van der Waals surface area contributed by atoms with E-state index in [4.69, 9.17) is 0 Å². The molecule has 0 spiro atoms. The maximum Gasteiger partial charge on any atom is 0.157 e. The van der Waals surface area contributed by atoms with E-state index < -0.39 is 0 Å². The largest absolute Gasteiger partial charge is 0.362 e. The van der Waals surface area contributed by atoms with Gasteiger partial charge in [0.2, 0.25) is 0 Å². The van der Waals surface area contributed by atoms with Crippen molar-refractivity contribution in [2.75, 3.05) is 12.8 Å². The molecule has 1 aliphatic heterocycles. The smallest absolute Gasteiger partial charge is 0.157 e. The molecule has 0 amide bonds. The van der Waals surface area contributed by atoms with E-state index in [0.29, 0.717) is 11.3 Å². The van der Waals surface area contributed by atoms with Crippen molar-refractivity contribution in [1.82, 2.24) is 5.32 Å². The second-order valence-corrected chi connectivity index (χ2v) is 7.42. The summed E-state index contributed by atoms with van der Waals surface area (Å²) in [6, 6.07) is 0.676. The molecule has 0 radical (unpaired) electrons. The van der Waals surface area contributed by atoms with Gasteiger partial charge >= 0.3 is 0 Å². The molecule has 1 N–H and O–H groups in total. The van der Waals surface area contributed by atoms with Crippen molar-refractivity contribution in [3.63, 3.8) is 0 Å². The van der Waals surface area contributed by atoms with Gasteiger partial charge in [0, 0.05) is 16.5 Å². The molecule has 1 heterocycles. The molecule has 0 bridgehead atoms. The fourth-order valence-electron chi connectivity index (χ4n) is 2.28. The predicted molar refractivity (Wildman–Crippen MR) is 76.6 cm³/mol. The van der Waals surface area contributed by atoms with Gasteiger partial charge in [-0.05, 0) is 31.4 Å². The van der Waals surface area contributed by atoms with Crippen LogP contribution in [0, 0.1) is 5.92 Å². The molecule has 0 aromatic carbocycles. The van der Waals surface area contributed by atoms with Crippen LogP contribution in [0.3, 0.4) is 0 Å². The number of rotatable bonds is 3. The molecule has 0 saturated heterocycles. The third-order valence-electron chi connectivity index (χ3n) is 3.47. The molecule has 16 heavy (non-hydrogen) atoms. The molecule has 3 unspecified atom stereocenters. The van der Waals surface area contributed by atoms with Crippen molar-refractivity contribution in [3.8, 4) is 0 Å². The zero-order valence-electron chi connectivity index (χ0n) is 10.4. The average molecular weight is 258 g/mol. The van der Waals surface area contributed by atoms with Gasteiger partial charge in [0.25, 0.3) is 0 Å². The maximum atomic E-state index is 4.61. The lowest BCUT2D eigenvalue weighted by Gasteiger charge is -2.15. The van der Waals surface area contributed by atoms with Crippen LogP contribution in [-0.2, 0) is 0 Å². The summed E-state index contributed by atoms with van der Waals surface area (Å²) < 4.78 is 0. The lowest BCUT2D eigenvalue weighted by atomic mass is 10.1. The molecular formula is C12H22N2S2. The van der Waals surface area contributed by atoms with Crippen LogP contribution in [-0.4, -0.2) is 34.5 Å². The normalized spacial score (nSPS) is 34.5. The quantitative estimate of drug-likeness (QED) is 0.842. The van der Waals surface area contributed by atoms with Gasteiger partial charge in [0.1, 0.15) is 0 Å². The van der Waals surface area contributed by atoms with Gasteiger partial charge in [0.05, 0.1) is 6.54 Å². The highest BCUT2D eigenvalue weighted by Gasteiger charge is 2.28. The Morgan fingerprint density at radius 3 is 2.81 bits per heavy atom. The maximum absolute atomic E-state index is 4.61. The van der Waals surface area contributed by atoms with E-state index in [1.165, 1.54) is 24.4 Å². The Hall–Kier alpha value is 0.170. The molecular weight excluding hydrogens is 236 g/mol. The van der Waals surface area contributed by atoms with Crippen LogP contribution >= 0.6 is 23.5 Å². The van der Waals surface area contributed by atoms with Gasteiger partial charge in [-0.25, -0.2) is 0 Å². The number of hydrogen-bond acceptors (Lipinski definition) is 4. The lowest BCUT2D eigenvalue weighted by Crippen LogP contribution is -2.30. The monoisotopic (exact) mass is 258 g/mol. The first-order valence-electron chi connectivity index (χ1n) is 6.19. The molecule has 4 heteroatoms. The van der Waals surface area contributed by atoms with Crippen LogP contribution in [0.2, 0.25) is 0 Å². The Kier molecular flexibility index (Phi) is 4.48. The molecule has 0 aromatic rings. The summed E-state index contributed by atoms with van der Waals surface area (Å²) in [6.07, 6.45) is 6.22. The molecule has 2 aliphatic rings. The van der Waals surface area contributed by atoms with Crippen LogP contribution in [0.5, 0.6) is 0 Å². The van der Waals surface area contributed by atoms with Crippen LogP contribution in [0.15, 0.2) is 4.99 Å². The SMILES string of the molecule is CSC1CCC(NC2=NCC(C(C)C)S2)C1. The molecule has 92 valence electrons. The van der Waals surface area contributed by atoms with E-state index >= 15 is 0 Å². The Morgan fingerprint density at radius 1 is 1.44 bits per heavy atom. The number of aliphatic imine (C=N–C) groups is 1. The molecule has 2 nitrogen and oxygen atoms in total. The Bertz CT molecular complexity index is 266. The number of hydrogen-bond donors (Lipinski definition) is 1. The summed E-state index contributed by atoms with van der Waals surface area (Å²) in [4.78, 5) is 4.61.